The highest BCUT2D eigenvalue weighted by Crippen LogP contribution is 2.32. The second-order valence-corrected chi connectivity index (χ2v) is 5.98. The number of hydrogen-bond acceptors (Lipinski definition) is 6. The van der Waals surface area contributed by atoms with Crippen molar-refractivity contribution in [1.82, 2.24) is 0 Å². The van der Waals surface area contributed by atoms with E-state index < -0.39 is 32.7 Å². The van der Waals surface area contributed by atoms with Gasteiger partial charge in [0.15, 0.2) is 9.84 Å². The number of carbonyl (C=O) groups is 1. The zero-order valence-electron chi connectivity index (χ0n) is 9.95. The molecular formula is C10H15NO6S. The summed E-state index contributed by atoms with van der Waals surface area (Å²) in [6, 6.07) is 0. The van der Waals surface area contributed by atoms with E-state index in [0.29, 0.717) is 0 Å². The number of allylic oxidation sites excluding steroid dienone is 1. The van der Waals surface area contributed by atoms with Gasteiger partial charge in [-0.3, -0.25) is 4.79 Å². The summed E-state index contributed by atoms with van der Waals surface area (Å²) in [6.07, 6.45) is -0.624. The average Bonchev–Trinajstić information content (AvgIpc) is 2.26. The van der Waals surface area contributed by atoms with Crippen molar-refractivity contribution in [3.8, 4) is 0 Å². The topological polar surface area (TPSA) is 127 Å². The minimum absolute atomic E-state index is 0.0810. The van der Waals surface area contributed by atoms with Crippen molar-refractivity contribution in [2.45, 2.75) is 13.0 Å². The summed E-state index contributed by atoms with van der Waals surface area (Å²) in [5, 5.41) is 18.9. The number of rotatable bonds is 4. The Balaban J connectivity index is 3.43. The van der Waals surface area contributed by atoms with Crippen molar-refractivity contribution in [3.63, 3.8) is 0 Å². The SMILES string of the molecule is CCS(=O)(=O)C1=C(N)C=C(OC)C(C(=O)O)C1O. The molecule has 8 heteroatoms. The van der Waals surface area contributed by atoms with E-state index in [4.69, 9.17) is 15.6 Å². The first-order valence-electron chi connectivity index (χ1n) is 5.15. The fourth-order valence-electron chi connectivity index (χ4n) is 1.75. The van der Waals surface area contributed by atoms with Crippen LogP contribution in [0.4, 0.5) is 0 Å². The van der Waals surface area contributed by atoms with Crippen molar-refractivity contribution in [2.24, 2.45) is 11.7 Å². The predicted molar refractivity (Wildman–Crippen MR) is 62.9 cm³/mol. The Morgan fingerprint density at radius 2 is 2.11 bits per heavy atom. The van der Waals surface area contributed by atoms with Gasteiger partial charge in [0, 0.05) is 6.08 Å². The summed E-state index contributed by atoms with van der Waals surface area (Å²) >= 11 is 0. The monoisotopic (exact) mass is 277 g/mol. The highest BCUT2D eigenvalue weighted by Gasteiger charge is 2.42. The molecule has 0 amide bonds. The van der Waals surface area contributed by atoms with E-state index in [1.807, 2.05) is 0 Å². The summed E-state index contributed by atoms with van der Waals surface area (Å²) in [5.41, 5.74) is 5.35. The van der Waals surface area contributed by atoms with Crippen LogP contribution < -0.4 is 5.73 Å². The Morgan fingerprint density at radius 3 is 2.50 bits per heavy atom. The van der Waals surface area contributed by atoms with E-state index in [1.54, 1.807) is 0 Å². The van der Waals surface area contributed by atoms with Crippen molar-refractivity contribution in [1.29, 1.82) is 0 Å². The molecule has 0 aromatic rings. The Kier molecular flexibility index (Phi) is 4.02. The minimum atomic E-state index is -3.78. The Hall–Kier alpha value is -1.54. The number of carboxylic acid groups (broad SMARTS) is 1. The van der Waals surface area contributed by atoms with Gasteiger partial charge in [0.25, 0.3) is 0 Å². The van der Waals surface area contributed by atoms with Crippen LogP contribution in [-0.2, 0) is 19.4 Å². The van der Waals surface area contributed by atoms with Crippen LogP contribution in [0, 0.1) is 5.92 Å². The third kappa shape index (κ3) is 2.34. The maximum absolute atomic E-state index is 11.8. The standard InChI is InChI=1S/C10H15NO6S/c1-3-18(15,16)9-5(11)4-6(17-2)7(8(9)12)10(13)14/h4,7-8,12H,3,11H2,1-2H3,(H,13,14). The predicted octanol–water partition coefficient (Wildman–Crippen LogP) is -0.803. The molecular weight excluding hydrogens is 262 g/mol. The molecule has 0 aliphatic heterocycles. The van der Waals surface area contributed by atoms with Crippen molar-refractivity contribution >= 4 is 15.8 Å². The van der Waals surface area contributed by atoms with Gasteiger partial charge in [-0.2, -0.15) is 0 Å². The molecule has 0 fully saturated rings. The van der Waals surface area contributed by atoms with Crippen LogP contribution in [0.15, 0.2) is 22.4 Å². The van der Waals surface area contributed by atoms with Gasteiger partial charge in [-0.15, -0.1) is 0 Å². The summed E-state index contributed by atoms with van der Waals surface area (Å²) < 4.78 is 28.4. The van der Waals surface area contributed by atoms with Gasteiger partial charge in [0.05, 0.1) is 23.5 Å². The quantitative estimate of drug-likeness (QED) is 0.613. The van der Waals surface area contributed by atoms with Gasteiger partial charge in [0.2, 0.25) is 0 Å². The molecule has 0 saturated heterocycles. The van der Waals surface area contributed by atoms with Crippen molar-refractivity contribution in [3.05, 3.63) is 22.4 Å². The van der Waals surface area contributed by atoms with Crippen LogP contribution in [0.5, 0.6) is 0 Å². The number of carboxylic acids is 1. The summed E-state index contributed by atoms with van der Waals surface area (Å²) in [6.45, 7) is 1.38. The number of methoxy groups -OCH3 is 1. The van der Waals surface area contributed by atoms with Crippen LogP contribution in [0.3, 0.4) is 0 Å². The second kappa shape index (κ2) is 4.99. The zero-order valence-corrected chi connectivity index (χ0v) is 10.8. The number of aliphatic carboxylic acids is 1. The fourth-order valence-corrected chi connectivity index (χ4v) is 2.99. The zero-order chi connectivity index (χ0) is 14.1. The maximum atomic E-state index is 11.8. The molecule has 0 radical (unpaired) electrons. The van der Waals surface area contributed by atoms with Crippen LogP contribution in [0.25, 0.3) is 0 Å². The first-order valence-corrected chi connectivity index (χ1v) is 6.80. The van der Waals surface area contributed by atoms with Crippen LogP contribution >= 0.6 is 0 Å². The van der Waals surface area contributed by atoms with Gasteiger partial charge in [-0.05, 0) is 0 Å². The highest BCUT2D eigenvalue weighted by atomic mass is 32.2. The van der Waals surface area contributed by atoms with Gasteiger partial charge in [-0.1, -0.05) is 6.92 Å². The van der Waals surface area contributed by atoms with Gasteiger partial charge >= 0.3 is 5.97 Å². The number of nitrogens with two attached hydrogens (primary N) is 1. The van der Waals surface area contributed by atoms with Crippen LogP contribution in [0.1, 0.15) is 6.92 Å². The van der Waals surface area contributed by atoms with E-state index in [0.717, 1.165) is 6.08 Å². The molecule has 0 aromatic carbocycles. The molecule has 2 atom stereocenters. The molecule has 4 N–H and O–H groups in total. The second-order valence-electron chi connectivity index (χ2n) is 3.73. The van der Waals surface area contributed by atoms with E-state index in [2.05, 4.69) is 0 Å². The molecule has 0 bridgehead atoms. The molecule has 7 nitrogen and oxygen atoms in total. The maximum Gasteiger partial charge on any atom is 0.317 e. The molecule has 1 aliphatic rings. The van der Waals surface area contributed by atoms with Gasteiger partial charge in [-0.25, -0.2) is 8.42 Å². The Bertz CT molecular complexity index is 518. The van der Waals surface area contributed by atoms with Gasteiger partial charge < -0.3 is 20.7 Å². The average molecular weight is 277 g/mol. The fraction of sp³-hybridized carbons (Fsp3) is 0.500. The van der Waals surface area contributed by atoms with Crippen molar-refractivity contribution in [2.75, 3.05) is 12.9 Å². The molecule has 0 aromatic heterocycles. The number of aliphatic hydroxyl groups is 1. The minimum Gasteiger partial charge on any atom is -0.500 e. The molecule has 1 rings (SSSR count). The molecule has 18 heavy (non-hydrogen) atoms. The summed E-state index contributed by atoms with van der Waals surface area (Å²) in [5.74, 6) is -3.21. The van der Waals surface area contributed by atoms with Crippen molar-refractivity contribution < 1.29 is 28.2 Å². The largest absolute Gasteiger partial charge is 0.500 e. The Morgan fingerprint density at radius 1 is 1.56 bits per heavy atom. The molecule has 2 unspecified atom stereocenters. The molecule has 0 saturated carbocycles. The highest BCUT2D eigenvalue weighted by molar-refractivity contribution is 7.95. The lowest BCUT2D eigenvalue weighted by Gasteiger charge is -2.27. The lowest BCUT2D eigenvalue weighted by Crippen LogP contribution is -2.39. The normalized spacial score (nSPS) is 24.7. The number of sulfone groups is 1. The van der Waals surface area contributed by atoms with E-state index in [1.165, 1.54) is 14.0 Å². The third-order valence-corrected chi connectivity index (χ3v) is 4.60. The Labute approximate surface area is 104 Å². The number of aliphatic hydroxyl groups excluding tert-OH is 1. The third-order valence-electron chi connectivity index (χ3n) is 2.69. The molecule has 102 valence electrons. The van der Waals surface area contributed by atoms with E-state index in [9.17, 15) is 18.3 Å². The lowest BCUT2D eigenvalue weighted by atomic mass is 9.94. The smallest absolute Gasteiger partial charge is 0.317 e. The first-order chi connectivity index (χ1) is 8.26. The first kappa shape index (κ1) is 14.5. The summed E-state index contributed by atoms with van der Waals surface area (Å²) in [7, 11) is -2.55. The summed E-state index contributed by atoms with van der Waals surface area (Å²) in [4.78, 5) is 10.6. The van der Waals surface area contributed by atoms with E-state index in [-0.39, 0.29) is 17.2 Å². The van der Waals surface area contributed by atoms with Crippen LogP contribution in [0.2, 0.25) is 0 Å². The van der Waals surface area contributed by atoms with E-state index >= 15 is 0 Å². The molecule has 0 heterocycles. The molecule has 0 spiro atoms. The number of hydrogen-bond donors (Lipinski definition) is 3. The number of ether oxygens (including phenoxy) is 1. The van der Waals surface area contributed by atoms with Gasteiger partial charge in [0.1, 0.15) is 17.8 Å². The molecule has 1 aliphatic carbocycles. The lowest BCUT2D eigenvalue weighted by molar-refractivity contribution is -0.144. The van der Waals surface area contributed by atoms with Crippen LogP contribution in [-0.4, -0.2) is 43.6 Å².